The smallest absolute Gasteiger partial charge is 0.0556 e. The summed E-state index contributed by atoms with van der Waals surface area (Å²) in [5.74, 6) is 0. The minimum Gasteiger partial charge on any atom is -0.308 e. The van der Waals surface area contributed by atoms with E-state index in [1.807, 2.05) is 24.7 Å². The Hall–Kier alpha value is -1.68. The van der Waals surface area contributed by atoms with Crippen LogP contribution >= 0.6 is 0 Å². The van der Waals surface area contributed by atoms with Gasteiger partial charge in [0.2, 0.25) is 0 Å². The number of hydrogen-bond donors (Lipinski definition) is 1. The molecule has 0 amide bonds. The molecule has 0 aliphatic heterocycles. The third-order valence-electron chi connectivity index (χ3n) is 3.35. The monoisotopic (exact) mass is 272 g/mol. The van der Waals surface area contributed by atoms with Crippen LogP contribution < -0.4 is 5.32 Å². The molecule has 0 fully saturated rings. The predicted molar refractivity (Wildman–Crippen MR) is 81.5 cm³/mol. The van der Waals surface area contributed by atoms with Crippen molar-refractivity contribution in [2.24, 2.45) is 0 Å². The zero-order valence-corrected chi connectivity index (χ0v) is 12.4. The SMILES string of the molecule is CCCNC(Cc1cccnc1)c1ccnn1CCC. The Balaban J connectivity index is 2.16. The molecule has 20 heavy (non-hydrogen) atoms. The summed E-state index contributed by atoms with van der Waals surface area (Å²) < 4.78 is 2.11. The number of rotatable bonds is 8. The lowest BCUT2D eigenvalue weighted by Crippen LogP contribution is -2.26. The first-order valence-electron chi connectivity index (χ1n) is 7.49. The molecule has 108 valence electrons. The first kappa shape index (κ1) is 14.7. The summed E-state index contributed by atoms with van der Waals surface area (Å²) in [6.07, 6.45) is 8.84. The standard InChI is InChI=1S/C16H24N4/c1-3-8-18-15(12-14-6-5-9-17-13-14)16-7-10-19-20(16)11-4-2/h5-7,9-10,13,15,18H,3-4,8,11-12H2,1-2H3. The van der Waals surface area contributed by atoms with Crippen molar-refractivity contribution >= 4 is 0 Å². The zero-order valence-electron chi connectivity index (χ0n) is 12.4. The van der Waals surface area contributed by atoms with E-state index in [9.17, 15) is 0 Å². The maximum Gasteiger partial charge on any atom is 0.0556 e. The average Bonchev–Trinajstić information content (AvgIpc) is 2.93. The highest BCUT2D eigenvalue weighted by Crippen LogP contribution is 2.18. The van der Waals surface area contributed by atoms with Gasteiger partial charge in [-0.2, -0.15) is 5.10 Å². The number of pyridine rings is 1. The molecular formula is C16H24N4. The summed E-state index contributed by atoms with van der Waals surface area (Å²) in [6.45, 7) is 6.36. The second kappa shape index (κ2) is 7.80. The minimum atomic E-state index is 0.299. The van der Waals surface area contributed by atoms with Crippen LogP contribution in [-0.4, -0.2) is 21.3 Å². The number of nitrogens with one attached hydrogen (secondary N) is 1. The Morgan fingerprint density at radius 1 is 1.20 bits per heavy atom. The fraction of sp³-hybridized carbons (Fsp3) is 0.500. The van der Waals surface area contributed by atoms with E-state index in [1.54, 1.807) is 0 Å². The molecule has 0 aliphatic rings. The summed E-state index contributed by atoms with van der Waals surface area (Å²) in [5, 5.41) is 8.07. The second-order valence-corrected chi connectivity index (χ2v) is 5.05. The maximum absolute atomic E-state index is 4.44. The highest BCUT2D eigenvalue weighted by Gasteiger charge is 2.16. The van der Waals surface area contributed by atoms with Gasteiger partial charge in [0.05, 0.1) is 11.7 Å². The molecule has 1 N–H and O–H groups in total. The van der Waals surface area contributed by atoms with Crippen molar-refractivity contribution in [1.29, 1.82) is 0 Å². The van der Waals surface area contributed by atoms with Crippen molar-refractivity contribution in [2.45, 2.75) is 45.7 Å². The fourth-order valence-electron chi connectivity index (χ4n) is 2.39. The molecule has 1 unspecified atom stereocenters. The van der Waals surface area contributed by atoms with Gasteiger partial charge in [-0.05, 0) is 43.5 Å². The van der Waals surface area contributed by atoms with Crippen LogP contribution in [0.25, 0.3) is 0 Å². The molecule has 4 nitrogen and oxygen atoms in total. The summed E-state index contributed by atoms with van der Waals surface area (Å²) in [4.78, 5) is 4.21. The van der Waals surface area contributed by atoms with Gasteiger partial charge in [0.15, 0.2) is 0 Å². The first-order valence-corrected chi connectivity index (χ1v) is 7.49. The van der Waals surface area contributed by atoms with Crippen molar-refractivity contribution in [2.75, 3.05) is 6.54 Å². The van der Waals surface area contributed by atoms with E-state index in [0.29, 0.717) is 6.04 Å². The van der Waals surface area contributed by atoms with E-state index < -0.39 is 0 Å². The second-order valence-electron chi connectivity index (χ2n) is 5.05. The van der Waals surface area contributed by atoms with E-state index in [1.165, 1.54) is 11.3 Å². The van der Waals surface area contributed by atoms with Crippen LogP contribution in [0.15, 0.2) is 36.8 Å². The van der Waals surface area contributed by atoms with Gasteiger partial charge in [0, 0.05) is 25.1 Å². The zero-order chi connectivity index (χ0) is 14.2. The molecule has 0 bridgehead atoms. The lowest BCUT2D eigenvalue weighted by molar-refractivity contribution is 0.468. The Morgan fingerprint density at radius 3 is 2.80 bits per heavy atom. The Labute approximate surface area is 121 Å². The summed E-state index contributed by atoms with van der Waals surface area (Å²) in [6, 6.07) is 6.55. The summed E-state index contributed by atoms with van der Waals surface area (Å²) in [5.41, 5.74) is 2.52. The van der Waals surface area contributed by atoms with Gasteiger partial charge in [0.25, 0.3) is 0 Å². The molecule has 0 aromatic carbocycles. The highest BCUT2D eigenvalue weighted by molar-refractivity contribution is 5.16. The van der Waals surface area contributed by atoms with Crippen molar-refractivity contribution in [3.63, 3.8) is 0 Å². The quantitative estimate of drug-likeness (QED) is 0.803. The molecule has 1 atom stereocenters. The molecule has 0 radical (unpaired) electrons. The predicted octanol–water partition coefficient (Wildman–Crippen LogP) is 2.97. The van der Waals surface area contributed by atoms with Crippen LogP contribution in [0.5, 0.6) is 0 Å². The molecule has 0 spiro atoms. The summed E-state index contributed by atoms with van der Waals surface area (Å²) in [7, 11) is 0. The van der Waals surface area contributed by atoms with Crippen LogP contribution in [0.2, 0.25) is 0 Å². The van der Waals surface area contributed by atoms with Gasteiger partial charge >= 0.3 is 0 Å². The van der Waals surface area contributed by atoms with Crippen LogP contribution in [0.3, 0.4) is 0 Å². The van der Waals surface area contributed by atoms with Crippen LogP contribution in [0.4, 0.5) is 0 Å². The Bertz CT molecular complexity index is 492. The van der Waals surface area contributed by atoms with Crippen molar-refractivity contribution in [3.05, 3.63) is 48.0 Å². The maximum atomic E-state index is 4.44. The van der Waals surface area contributed by atoms with Crippen LogP contribution in [0, 0.1) is 0 Å². The van der Waals surface area contributed by atoms with Gasteiger partial charge in [0.1, 0.15) is 0 Å². The van der Waals surface area contributed by atoms with Crippen LogP contribution in [-0.2, 0) is 13.0 Å². The molecule has 2 heterocycles. The molecule has 0 aliphatic carbocycles. The lowest BCUT2D eigenvalue weighted by atomic mass is 10.0. The van der Waals surface area contributed by atoms with Gasteiger partial charge in [-0.15, -0.1) is 0 Å². The Kier molecular flexibility index (Phi) is 5.74. The van der Waals surface area contributed by atoms with Crippen LogP contribution in [0.1, 0.15) is 44.0 Å². The van der Waals surface area contributed by atoms with E-state index in [4.69, 9.17) is 0 Å². The molecular weight excluding hydrogens is 248 g/mol. The normalized spacial score (nSPS) is 12.5. The third kappa shape index (κ3) is 3.90. The molecule has 2 aromatic rings. The highest BCUT2D eigenvalue weighted by atomic mass is 15.3. The van der Waals surface area contributed by atoms with Gasteiger partial charge in [-0.3, -0.25) is 9.67 Å². The average molecular weight is 272 g/mol. The minimum absolute atomic E-state index is 0.299. The number of aryl methyl sites for hydroxylation is 1. The van der Waals surface area contributed by atoms with Gasteiger partial charge in [-0.1, -0.05) is 19.9 Å². The fourth-order valence-corrected chi connectivity index (χ4v) is 2.39. The largest absolute Gasteiger partial charge is 0.308 e. The molecule has 0 saturated heterocycles. The third-order valence-corrected chi connectivity index (χ3v) is 3.35. The molecule has 2 rings (SSSR count). The van der Waals surface area contributed by atoms with Gasteiger partial charge < -0.3 is 5.32 Å². The lowest BCUT2D eigenvalue weighted by Gasteiger charge is -2.20. The van der Waals surface area contributed by atoms with E-state index in [2.05, 4.69) is 46.1 Å². The number of hydrogen-bond acceptors (Lipinski definition) is 3. The van der Waals surface area contributed by atoms with E-state index >= 15 is 0 Å². The number of nitrogens with zero attached hydrogens (tertiary/aromatic N) is 3. The first-order chi connectivity index (χ1) is 9.85. The summed E-state index contributed by atoms with van der Waals surface area (Å²) >= 11 is 0. The van der Waals surface area contributed by atoms with E-state index in [0.717, 1.165) is 32.4 Å². The van der Waals surface area contributed by atoms with Crippen molar-refractivity contribution < 1.29 is 0 Å². The van der Waals surface area contributed by atoms with Crippen molar-refractivity contribution in [3.8, 4) is 0 Å². The van der Waals surface area contributed by atoms with Gasteiger partial charge in [-0.25, -0.2) is 0 Å². The topological polar surface area (TPSA) is 42.7 Å². The molecule has 2 aromatic heterocycles. The van der Waals surface area contributed by atoms with E-state index in [-0.39, 0.29) is 0 Å². The van der Waals surface area contributed by atoms with Crippen molar-refractivity contribution in [1.82, 2.24) is 20.1 Å². The molecule has 4 heteroatoms. The number of aromatic nitrogens is 3. The molecule has 0 saturated carbocycles. The Morgan fingerprint density at radius 2 is 2.10 bits per heavy atom.